The number of ether oxygens (including phenoxy) is 3. The predicted molar refractivity (Wildman–Crippen MR) is 104 cm³/mol. The molecule has 0 aliphatic rings. The van der Waals surface area contributed by atoms with E-state index in [-0.39, 0.29) is 22.4 Å². The fraction of sp³-hybridized carbons (Fsp3) is 0.250. The molecular weight excluding hydrogens is 384 g/mol. The molecule has 0 aliphatic heterocycles. The van der Waals surface area contributed by atoms with Crippen LogP contribution in [-0.2, 0) is 9.53 Å². The van der Waals surface area contributed by atoms with Gasteiger partial charge >= 0.3 is 5.97 Å². The second kappa shape index (κ2) is 9.62. The number of nitriles is 1. The van der Waals surface area contributed by atoms with Crippen molar-refractivity contribution in [2.24, 2.45) is 0 Å². The van der Waals surface area contributed by atoms with Crippen molar-refractivity contribution in [1.82, 2.24) is 0 Å². The number of carbonyl (C=O) groups is 2. The van der Waals surface area contributed by atoms with Gasteiger partial charge in [-0.1, -0.05) is 17.7 Å². The molecule has 8 heteroatoms. The molecule has 146 valence electrons. The average molecular weight is 403 g/mol. The van der Waals surface area contributed by atoms with Crippen molar-refractivity contribution in [3.05, 3.63) is 52.5 Å². The molecular formula is C20H19ClN2O5. The number of hydrogen-bond acceptors (Lipinski definition) is 6. The van der Waals surface area contributed by atoms with Gasteiger partial charge in [-0.3, -0.25) is 4.79 Å². The van der Waals surface area contributed by atoms with Crippen molar-refractivity contribution >= 4 is 29.2 Å². The Balaban J connectivity index is 2.03. The minimum Gasteiger partial charge on any atom is -0.493 e. The first-order chi connectivity index (χ1) is 13.3. The largest absolute Gasteiger partial charge is 0.493 e. The smallest absolute Gasteiger partial charge is 0.338 e. The summed E-state index contributed by atoms with van der Waals surface area (Å²) in [6.07, 6.45) is -0.132. The summed E-state index contributed by atoms with van der Waals surface area (Å²) < 4.78 is 15.8. The minimum atomic E-state index is -0.739. The first-order valence-corrected chi connectivity index (χ1v) is 8.73. The van der Waals surface area contributed by atoms with Crippen LogP contribution in [0.15, 0.2) is 36.4 Å². The van der Waals surface area contributed by atoms with E-state index in [4.69, 9.17) is 31.1 Å². The van der Waals surface area contributed by atoms with E-state index in [0.29, 0.717) is 17.0 Å². The molecule has 0 aromatic heterocycles. The zero-order valence-electron chi connectivity index (χ0n) is 15.6. The van der Waals surface area contributed by atoms with Crippen molar-refractivity contribution < 1.29 is 23.8 Å². The molecule has 28 heavy (non-hydrogen) atoms. The van der Waals surface area contributed by atoms with Gasteiger partial charge in [-0.05, 0) is 44.2 Å². The maximum atomic E-state index is 12.3. The van der Waals surface area contributed by atoms with Gasteiger partial charge < -0.3 is 19.5 Å². The summed E-state index contributed by atoms with van der Waals surface area (Å²) >= 11 is 6.18. The molecule has 0 radical (unpaired) electrons. The van der Waals surface area contributed by atoms with E-state index in [0.717, 1.165) is 0 Å². The lowest BCUT2D eigenvalue weighted by molar-refractivity contribution is -0.119. The Kier molecular flexibility index (Phi) is 7.24. The van der Waals surface area contributed by atoms with Crippen LogP contribution >= 0.6 is 11.6 Å². The molecule has 0 bridgehead atoms. The molecule has 2 aromatic rings. The summed E-state index contributed by atoms with van der Waals surface area (Å²) in [7, 11) is 1.43. The molecule has 0 saturated carbocycles. The Bertz CT molecular complexity index is 921. The van der Waals surface area contributed by atoms with E-state index < -0.39 is 18.5 Å². The van der Waals surface area contributed by atoms with E-state index in [1.807, 2.05) is 19.9 Å². The SMILES string of the molecule is COc1cc(C(=O)OCC(=O)Nc2cccc(C#N)c2)cc(Cl)c1OC(C)C. The Morgan fingerprint density at radius 2 is 2.00 bits per heavy atom. The number of methoxy groups -OCH3 is 1. The summed E-state index contributed by atoms with van der Waals surface area (Å²) in [4.78, 5) is 24.2. The lowest BCUT2D eigenvalue weighted by Crippen LogP contribution is -2.21. The van der Waals surface area contributed by atoms with E-state index in [1.54, 1.807) is 18.2 Å². The third-order valence-corrected chi connectivity index (χ3v) is 3.71. The highest BCUT2D eigenvalue weighted by Crippen LogP contribution is 2.37. The number of anilines is 1. The quantitative estimate of drug-likeness (QED) is 0.707. The molecule has 1 amide bonds. The zero-order chi connectivity index (χ0) is 20.7. The van der Waals surface area contributed by atoms with Gasteiger partial charge in [-0.2, -0.15) is 5.26 Å². The summed E-state index contributed by atoms with van der Waals surface area (Å²) in [5.41, 5.74) is 0.956. The Labute approximate surface area is 167 Å². The normalized spacial score (nSPS) is 10.1. The summed E-state index contributed by atoms with van der Waals surface area (Å²) in [5, 5.41) is 11.6. The maximum absolute atomic E-state index is 12.3. The lowest BCUT2D eigenvalue weighted by Gasteiger charge is -2.16. The van der Waals surface area contributed by atoms with Gasteiger partial charge in [0.25, 0.3) is 5.91 Å². The van der Waals surface area contributed by atoms with Crippen LogP contribution in [0, 0.1) is 11.3 Å². The predicted octanol–water partition coefficient (Wildman–Crippen LogP) is 3.80. The van der Waals surface area contributed by atoms with E-state index in [9.17, 15) is 9.59 Å². The van der Waals surface area contributed by atoms with Crippen LogP contribution in [0.1, 0.15) is 29.8 Å². The van der Waals surface area contributed by atoms with Gasteiger partial charge in [0.1, 0.15) is 0 Å². The van der Waals surface area contributed by atoms with Crippen molar-refractivity contribution in [2.75, 3.05) is 19.0 Å². The molecule has 0 unspecified atom stereocenters. The summed E-state index contributed by atoms with van der Waals surface area (Å²) in [5.74, 6) is -0.671. The zero-order valence-corrected chi connectivity index (χ0v) is 16.4. The van der Waals surface area contributed by atoms with Gasteiger partial charge in [0.15, 0.2) is 18.1 Å². The first kappa shape index (κ1) is 21.1. The van der Waals surface area contributed by atoms with Crippen LogP contribution in [0.25, 0.3) is 0 Å². The van der Waals surface area contributed by atoms with Gasteiger partial charge in [0, 0.05) is 5.69 Å². The lowest BCUT2D eigenvalue weighted by atomic mass is 10.2. The van der Waals surface area contributed by atoms with Crippen LogP contribution in [-0.4, -0.2) is 31.7 Å². The number of esters is 1. The molecule has 2 aromatic carbocycles. The minimum absolute atomic E-state index is 0.122. The van der Waals surface area contributed by atoms with Crippen LogP contribution in [0.5, 0.6) is 11.5 Å². The standard InChI is InChI=1S/C20H19ClN2O5/c1-12(2)28-19-16(21)8-14(9-17(19)26-3)20(25)27-11-18(24)23-15-6-4-5-13(7-15)10-22/h4-9,12H,11H2,1-3H3,(H,23,24). The number of rotatable bonds is 7. The third kappa shape index (κ3) is 5.63. The highest BCUT2D eigenvalue weighted by Gasteiger charge is 2.18. The van der Waals surface area contributed by atoms with Crippen LogP contribution < -0.4 is 14.8 Å². The second-order valence-corrected chi connectivity index (χ2v) is 6.38. The van der Waals surface area contributed by atoms with Crippen LogP contribution in [0.4, 0.5) is 5.69 Å². The molecule has 0 saturated heterocycles. The number of amides is 1. The number of carbonyl (C=O) groups excluding carboxylic acids is 2. The molecule has 0 fully saturated rings. The second-order valence-electron chi connectivity index (χ2n) is 5.97. The molecule has 0 heterocycles. The molecule has 0 aliphatic carbocycles. The molecule has 0 spiro atoms. The highest BCUT2D eigenvalue weighted by molar-refractivity contribution is 6.32. The maximum Gasteiger partial charge on any atom is 0.338 e. The molecule has 7 nitrogen and oxygen atoms in total. The van der Waals surface area contributed by atoms with Crippen LogP contribution in [0.2, 0.25) is 5.02 Å². The Morgan fingerprint density at radius 3 is 2.64 bits per heavy atom. The van der Waals surface area contributed by atoms with Crippen molar-refractivity contribution in [3.63, 3.8) is 0 Å². The number of hydrogen-bond donors (Lipinski definition) is 1. The Morgan fingerprint density at radius 1 is 1.25 bits per heavy atom. The fourth-order valence-corrected chi connectivity index (χ4v) is 2.52. The van der Waals surface area contributed by atoms with Gasteiger partial charge in [-0.15, -0.1) is 0 Å². The van der Waals surface area contributed by atoms with Gasteiger partial charge in [0.2, 0.25) is 0 Å². The monoisotopic (exact) mass is 402 g/mol. The van der Waals surface area contributed by atoms with Crippen molar-refractivity contribution in [1.29, 1.82) is 5.26 Å². The summed E-state index contributed by atoms with van der Waals surface area (Å²) in [6.45, 7) is 3.17. The van der Waals surface area contributed by atoms with Crippen molar-refractivity contribution in [2.45, 2.75) is 20.0 Å². The molecule has 0 atom stereocenters. The number of nitrogens with zero attached hydrogens (tertiary/aromatic N) is 1. The number of nitrogens with one attached hydrogen (secondary N) is 1. The fourth-order valence-electron chi connectivity index (χ4n) is 2.27. The topological polar surface area (TPSA) is 97.6 Å². The van der Waals surface area contributed by atoms with Crippen LogP contribution in [0.3, 0.4) is 0 Å². The molecule has 2 rings (SSSR count). The molecule has 1 N–H and O–H groups in total. The highest BCUT2D eigenvalue weighted by atomic mass is 35.5. The van der Waals surface area contributed by atoms with Gasteiger partial charge in [-0.25, -0.2) is 4.79 Å². The summed E-state index contributed by atoms with van der Waals surface area (Å²) in [6, 6.07) is 11.2. The first-order valence-electron chi connectivity index (χ1n) is 8.35. The number of benzene rings is 2. The van der Waals surface area contributed by atoms with E-state index >= 15 is 0 Å². The van der Waals surface area contributed by atoms with Crippen molar-refractivity contribution in [3.8, 4) is 17.6 Å². The van der Waals surface area contributed by atoms with E-state index in [1.165, 1.54) is 25.3 Å². The third-order valence-electron chi connectivity index (χ3n) is 3.43. The Hall–Kier alpha value is -3.24. The van der Waals surface area contributed by atoms with E-state index in [2.05, 4.69) is 5.32 Å². The van der Waals surface area contributed by atoms with Gasteiger partial charge in [0.05, 0.1) is 35.4 Å². The average Bonchev–Trinajstić information content (AvgIpc) is 2.67. The number of halogens is 1.